The second-order valence-corrected chi connectivity index (χ2v) is 2.82. The SMILES string of the molecule is CC(=O)c1ccncc1.[NH2-].[NH2-].[NH2-].[NH2-].[Ru+4].c1ccncc1. The van der Waals surface area contributed by atoms with Crippen LogP contribution in [0.15, 0.2) is 55.1 Å². The molecule has 2 heterocycles. The number of aromatic nitrogens is 2. The zero-order valence-corrected chi connectivity index (χ0v) is 12.9. The molecule has 0 unspecified atom stereocenters. The molecule has 2 aromatic rings. The van der Waals surface area contributed by atoms with E-state index >= 15 is 0 Å². The quantitative estimate of drug-likeness (QED) is 0.497. The number of ketones is 1. The first-order valence-electron chi connectivity index (χ1n) is 4.56. The minimum atomic E-state index is 0. The van der Waals surface area contributed by atoms with Crippen LogP contribution in [-0.2, 0) is 19.5 Å². The second-order valence-electron chi connectivity index (χ2n) is 2.82. The number of hydrogen-bond acceptors (Lipinski definition) is 3. The molecule has 0 bridgehead atoms. The summed E-state index contributed by atoms with van der Waals surface area (Å²) in [6.45, 7) is 1.54. The minimum Gasteiger partial charge on any atom is -0.693 e. The molecule has 0 radical (unpaired) electrons. The predicted octanol–water partition coefficient (Wildman–Crippen LogP) is 5.23. The number of nitrogens with two attached hydrogens (primary N) is 4. The fraction of sp³-hybridized carbons (Fsp3) is 0.0833. The Morgan fingerprint density at radius 2 is 1.20 bits per heavy atom. The number of Topliss-reactive ketones (excluding diaryl/α,β-unsaturated/α-hetero) is 1. The van der Waals surface area contributed by atoms with E-state index in [9.17, 15) is 4.79 Å². The summed E-state index contributed by atoms with van der Waals surface area (Å²) < 4.78 is 0. The van der Waals surface area contributed by atoms with Gasteiger partial charge in [0.2, 0.25) is 0 Å². The Labute approximate surface area is 132 Å². The smallest absolute Gasteiger partial charge is 0.693 e. The van der Waals surface area contributed by atoms with Crippen molar-refractivity contribution in [1.82, 2.24) is 9.97 Å². The van der Waals surface area contributed by atoms with Crippen molar-refractivity contribution in [3.8, 4) is 0 Å². The van der Waals surface area contributed by atoms with E-state index < -0.39 is 0 Å². The zero-order valence-electron chi connectivity index (χ0n) is 11.2. The van der Waals surface area contributed by atoms with Crippen molar-refractivity contribution in [2.24, 2.45) is 0 Å². The number of nitrogens with zero attached hydrogens (tertiary/aromatic N) is 2. The van der Waals surface area contributed by atoms with Gasteiger partial charge in [0.1, 0.15) is 0 Å². The normalized spacial score (nSPS) is 6.45. The van der Waals surface area contributed by atoms with Gasteiger partial charge >= 0.3 is 19.5 Å². The Hall–Kier alpha value is -1.57. The standard InChI is InChI=1S/C7H7NO.C5H5N.4H2N.Ru/c1-6(9)7-2-4-8-5-3-7;1-2-4-6-5-3-1;;;;;/h2-5H,1H3;1-5H;4*1H2;/q;;4*-1;+4. The van der Waals surface area contributed by atoms with Gasteiger partial charge in [-0.3, -0.25) is 14.8 Å². The van der Waals surface area contributed by atoms with Crippen LogP contribution in [0.5, 0.6) is 0 Å². The minimum absolute atomic E-state index is 0. The first kappa shape index (κ1) is 31.0. The maximum Gasteiger partial charge on any atom is 4.00 e. The van der Waals surface area contributed by atoms with Gasteiger partial charge in [-0.2, -0.15) is 0 Å². The number of carbonyl (C=O) groups is 1. The van der Waals surface area contributed by atoms with Crippen molar-refractivity contribution < 1.29 is 24.3 Å². The van der Waals surface area contributed by atoms with E-state index in [4.69, 9.17) is 0 Å². The molecule has 2 aromatic heterocycles. The van der Waals surface area contributed by atoms with Gasteiger partial charge in [-0.05, 0) is 31.2 Å². The van der Waals surface area contributed by atoms with Crippen molar-refractivity contribution in [1.29, 1.82) is 0 Å². The molecule has 0 spiro atoms. The summed E-state index contributed by atoms with van der Waals surface area (Å²) >= 11 is 0. The number of carbonyl (C=O) groups excluding carboxylic acids is 1. The topological polar surface area (TPSA) is 177 Å². The van der Waals surface area contributed by atoms with Crippen LogP contribution in [0.4, 0.5) is 0 Å². The van der Waals surface area contributed by atoms with Crippen molar-refractivity contribution >= 4 is 5.78 Å². The number of pyridine rings is 2. The molecule has 0 aliphatic carbocycles. The number of hydrogen-bond donors (Lipinski definition) is 0. The average Bonchev–Trinajstić information content (AvgIpc) is 2.33. The molecule has 0 fully saturated rings. The van der Waals surface area contributed by atoms with E-state index in [0.29, 0.717) is 5.56 Å². The third-order valence-electron chi connectivity index (χ3n) is 1.65. The summed E-state index contributed by atoms with van der Waals surface area (Å²) in [6.07, 6.45) is 6.72. The van der Waals surface area contributed by atoms with Crippen molar-refractivity contribution in [3.63, 3.8) is 0 Å². The molecule has 8 heteroatoms. The van der Waals surface area contributed by atoms with E-state index in [1.807, 2.05) is 18.2 Å². The van der Waals surface area contributed by atoms with Gasteiger partial charge in [-0.25, -0.2) is 0 Å². The Kier molecular flexibility index (Phi) is 30.7. The van der Waals surface area contributed by atoms with Gasteiger partial charge in [0.15, 0.2) is 5.78 Å². The largest absolute Gasteiger partial charge is 4.00 e. The van der Waals surface area contributed by atoms with Crippen LogP contribution in [0, 0.1) is 0 Å². The Balaban J connectivity index is -0.0000000623. The number of rotatable bonds is 1. The summed E-state index contributed by atoms with van der Waals surface area (Å²) in [5.41, 5.74) is 0.713. The first-order valence-corrected chi connectivity index (χ1v) is 4.56. The Morgan fingerprint density at radius 1 is 0.800 bits per heavy atom. The third kappa shape index (κ3) is 14.5. The zero-order chi connectivity index (χ0) is 10.9. The van der Waals surface area contributed by atoms with Crippen LogP contribution < -0.4 is 0 Å². The van der Waals surface area contributed by atoms with Gasteiger partial charge in [0.25, 0.3) is 0 Å². The summed E-state index contributed by atoms with van der Waals surface area (Å²) in [5, 5.41) is 0. The van der Waals surface area contributed by atoms with E-state index in [1.165, 1.54) is 6.92 Å². The average molecular weight is 365 g/mol. The molecule has 0 aliphatic heterocycles. The first-order chi connectivity index (χ1) is 7.30. The molecule has 0 aliphatic rings. The molecular weight excluding hydrogens is 345 g/mol. The maximum absolute atomic E-state index is 10.6. The monoisotopic (exact) mass is 366 g/mol. The molecule has 20 heavy (non-hydrogen) atoms. The second kappa shape index (κ2) is 19.8. The molecule has 112 valence electrons. The van der Waals surface area contributed by atoms with Crippen LogP contribution in [0.25, 0.3) is 24.6 Å². The van der Waals surface area contributed by atoms with Crippen LogP contribution in [0.3, 0.4) is 0 Å². The van der Waals surface area contributed by atoms with Crippen molar-refractivity contribution in [2.75, 3.05) is 0 Å². The molecule has 8 N–H and O–H groups in total. The Morgan fingerprint density at radius 3 is 1.40 bits per heavy atom. The van der Waals surface area contributed by atoms with Crippen LogP contribution in [0.1, 0.15) is 17.3 Å². The molecular formula is C12H20N6ORu. The maximum atomic E-state index is 10.6. The third-order valence-corrected chi connectivity index (χ3v) is 1.65. The van der Waals surface area contributed by atoms with Crippen LogP contribution in [0.2, 0.25) is 0 Å². The van der Waals surface area contributed by atoms with E-state index in [-0.39, 0.29) is 49.9 Å². The summed E-state index contributed by atoms with van der Waals surface area (Å²) in [7, 11) is 0. The fourth-order valence-electron chi connectivity index (χ4n) is 0.899. The Bertz CT molecular complexity index is 374. The summed E-state index contributed by atoms with van der Waals surface area (Å²) in [6, 6.07) is 9.11. The fourth-order valence-corrected chi connectivity index (χ4v) is 0.899. The van der Waals surface area contributed by atoms with E-state index in [0.717, 1.165) is 0 Å². The molecule has 0 amide bonds. The van der Waals surface area contributed by atoms with Gasteiger partial charge < -0.3 is 24.6 Å². The molecule has 0 saturated carbocycles. The van der Waals surface area contributed by atoms with Crippen molar-refractivity contribution in [3.05, 3.63) is 85.3 Å². The van der Waals surface area contributed by atoms with Gasteiger partial charge in [0, 0.05) is 30.4 Å². The summed E-state index contributed by atoms with van der Waals surface area (Å²) in [5.74, 6) is 0.0809. The molecule has 0 atom stereocenters. The van der Waals surface area contributed by atoms with E-state index in [2.05, 4.69) is 9.97 Å². The summed E-state index contributed by atoms with van der Waals surface area (Å²) in [4.78, 5) is 18.2. The van der Waals surface area contributed by atoms with Crippen LogP contribution >= 0.6 is 0 Å². The van der Waals surface area contributed by atoms with Gasteiger partial charge in [-0.15, -0.1) is 0 Å². The predicted molar refractivity (Wildman–Crippen MR) is 79.6 cm³/mol. The molecule has 0 saturated heterocycles. The van der Waals surface area contributed by atoms with Gasteiger partial charge in [0.05, 0.1) is 0 Å². The van der Waals surface area contributed by atoms with Gasteiger partial charge in [-0.1, -0.05) is 6.07 Å². The molecule has 7 nitrogen and oxygen atoms in total. The van der Waals surface area contributed by atoms with E-state index in [1.54, 1.807) is 36.9 Å². The van der Waals surface area contributed by atoms with Crippen molar-refractivity contribution in [2.45, 2.75) is 6.92 Å². The van der Waals surface area contributed by atoms with Crippen LogP contribution in [-0.4, -0.2) is 15.8 Å². The molecule has 0 aromatic carbocycles. The molecule has 2 rings (SSSR count).